The lowest BCUT2D eigenvalue weighted by Gasteiger charge is -2.60. The van der Waals surface area contributed by atoms with Gasteiger partial charge in [0, 0.05) is 12.1 Å². The minimum absolute atomic E-state index is 0.713. The van der Waals surface area contributed by atoms with Crippen molar-refractivity contribution in [2.45, 2.75) is 24.5 Å². The first-order valence-electron chi connectivity index (χ1n) is 16.7. The van der Waals surface area contributed by atoms with Crippen molar-refractivity contribution in [1.82, 2.24) is 0 Å². The molecule has 238 valence electrons. The van der Waals surface area contributed by atoms with E-state index in [0.29, 0.717) is 5.69 Å². The van der Waals surface area contributed by atoms with E-state index in [9.17, 15) is 0 Å². The van der Waals surface area contributed by atoms with Crippen molar-refractivity contribution in [3.05, 3.63) is 251 Å². The van der Waals surface area contributed by atoms with Crippen molar-refractivity contribution in [2.24, 2.45) is 0 Å². The molecule has 0 fully saturated rings. The fourth-order valence-electron chi connectivity index (χ4n) is 6.57. The van der Waals surface area contributed by atoms with Gasteiger partial charge in [-0.3, -0.25) is 0 Å². The van der Waals surface area contributed by atoms with Crippen LogP contribution in [0.2, 0.25) is 0 Å². The molecule has 49 heavy (non-hydrogen) atoms. The fourth-order valence-corrected chi connectivity index (χ4v) is 6.57. The highest BCUT2D eigenvalue weighted by Crippen LogP contribution is 2.55. The summed E-state index contributed by atoms with van der Waals surface area (Å²) in [6.45, 7) is 2.87. The summed E-state index contributed by atoms with van der Waals surface area (Å²) in [6.07, 6.45) is 1.90. The lowest BCUT2D eigenvalue weighted by atomic mass is 9.70. The van der Waals surface area contributed by atoms with E-state index in [1.807, 2.05) is 35.9 Å². The highest BCUT2D eigenvalue weighted by molar-refractivity contribution is 5.64. The summed E-state index contributed by atoms with van der Waals surface area (Å²) in [7, 11) is 0. The van der Waals surface area contributed by atoms with Gasteiger partial charge in [-0.2, -0.15) is 9.83 Å². The minimum Gasteiger partial charge on any atom is -0.628 e. The third-order valence-electron chi connectivity index (χ3n) is 8.88. The van der Waals surface area contributed by atoms with Crippen LogP contribution in [0.5, 0.6) is 0 Å². The maximum atomic E-state index is 8.58. The molecule has 3 heteroatoms. The van der Waals surface area contributed by atoms with Crippen LogP contribution in [0.25, 0.3) is 5.32 Å². The van der Waals surface area contributed by atoms with Gasteiger partial charge >= 0.3 is 0 Å². The average Bonchev–Trinajstić information content (AvgIpc) is 3.21. The van der Waals surface area contributed by atoms with Gasteiger partial charge in [0.1, 0.15) is 6.54 Å². The molecule has 0 radical (unpaired) electrons. The van der Waals surface area contributed by atoms with Gasteiger partial charge in [-0.15, -0.1) is 0 Å². The van der Waals surface area contributed by atoms with Crippen LogP contribution in [0.15, 0.2) is 206 Å². The van der Waals surface area contributed by atoms with Gasteiger partial charge in [0.2, 0.25) is 0 Å². The van der Waals surface area contributed by atoms with Crippen molar-refractivity contribution >= 4 is 0 Å². The van der Waals surface area contributed by atoms with Gasteiger partial charge in [0.15, 0.2) is 12.3 Å². The Bertz CT molecular complexity index is 1740. The van der Waals surface area contributed by atoms with E-state index >= 15 is 0 Å². The molecule has 0 aliphatic rings. The van der Waals surface area contributed by atoms with Crippen LogP contribution in [0.1, 0.15) is 46.0 Å². The van der Waals surface area contributed by atoms with Crippen molar-refractivity contribution in [2.75, 3.05) is 0 Å². The lowest BCUT2D eigenvalue weighted by molar-refractivity contribution is -0.696. The third kappa shape index (κ3) is 6.83. The lowest BCUT2D eigenvalue weighted by Crippen LogP contribution is -2.39. The number of benzene rings is 6. The van der Waals surface area contributed by atoms with Gasteiger partial charge in [-0.25, -0.2) is 0 Å². The number of nitrogens with zero attached hydrogens (tertiary/aromatic N) is 3. The number of hydrogen-bond donors (Lipinski definition) is 0. The normalized spacial score (nSPS) is 11.1. The molecule has 0 saturated carbocycles. The molecule has 1 heterocycles. The summed E-state index contributed by atoms with van der Waals surface area (Å²) in [4.78, 5) is 0. The Morgan fingerprint density at radius 3 is 0.918 bits per heavy atom. The number of aromatic nitrogens is 1. The number of rotatable bonds is 9. The number of nitriles is 1. The predicted octanol–water partition coefficient (Wildman–Crippen LogP) is 10.2. The van der Waals surface area contributed by atoms with E-state index in [-0.39, 0.29) is 0 Å². The Labute approximate surface area is 290 Å². The topological polar surface area (TPSA) is 41.8 Å². The van der Waals surface area contributed by atoms with E-state index in [2.05, 4.69) is 188 Å². The fraction of sp³-hybridized carbons (Fsp3) is 0.0870. The van der Waals surface area contributed by atoms with E-state index in [1.54, 1.807) is 0 Å². The summed E-state index contributed by atoms with van der Waals surface area (Å²) in [6, 6.07) is 71.9. The van der Waals surface area contributed by atoms with Crippen molar-refractivity contribution in [1.29, 1.82) is 5.26 Å². The largest absolute Gasteiger partial charge is 0.628 e. The van der Waals surface area contributed by atoms with E-state index in [0.717, 1.165) is 39.9 Å². The predicted molar refractivity (Wildman–Crippen MR) is 199 cm³/mol. The quantitative estimate of drug-likeness (QED) is 0.115. The highest BCUT2D eigenvalue weighted by atomic mass is 15.1. The minimum atomic E-state index is -0.800. The molecule has 0 N–H and O–H groups in total. The second-order valence-corrected chi connectivity index (χ2v) is 11.7. The molecule has 1 aromatic heterocycles. The Balaban J connectivity index is 0.000000359. The zero-order chi connectivity index (χ0) is 33.8. The molecule has 0 saturated heterocycles. The monoisotopic (exact) mass is 633 g/mol. The maximum Gasteiger partial charge on any atom is 0.283 e. The van der Waals surface area contributed by atoms with Crippen LogP contribution in [0.3, 0.4) is 0 Å². The first-order valence-corrected chi connectivity index (χ1v) is 16.7. The van der Waals surface area contributed by atoms with Gasteiger partial charge in [-0.1, -0.05) is 215 Å². The molecule has 0 aliphatic heterocycles. The molecular formula is C46H39N3. The van der Waals surface area contributed by atoms with Crippen LogP contribution in [-0.4, -0.2) is 0 Å². The Morgan fingerprint density at radius 1 is 0.429 bits per heavy atom. The first kappa shape index (κ1) is 32.8. The molecule has 0 atom stereocenters. The molecule has 0 bridgehead atoms. The Morgan fingerprint density at radius 2 is 0.694 bits per heavy atom. The summed E-state index contributed by atoms with van der Waals surface area (Å²) in [5.74, 6) is 0. The maximum absolute atomic E-state index is 8.58. The van der Waals surface area contributed by atoms with Crippen molar-refractivity contribution < 1.29 is 4.57 Å². The summed E-state index contributed by atoms with van der Waals surface area (Å²) in [5, 5.41) is 14.7. The Hall–Kier alpha value is -6.08. The molecule has 7 aromatic rings. The number of aryl methyl sites for hydroxylation is 1. The van der Waals surface area contributed by atoms with Crippen LogP contribution in [0, 0.1) is 11.3 Å². The van der Waals surface area contributed by atoms with Crippen LogP contribution in [0.4, 0.5) is 0 Å². The SMILES string of the molecule is CC[n+]1ccccc1C#N.c1ccc(C([N-]C(c2ccccc2)(c2ccccc2)c2ccccc2)(c2ccccc2)c2ccccc2)cc1. The molecule has 3 nitrogen and oxygen atoms in total. The van der Waals surface area contributed by atoms with E-state index in [4.69, 9.17) is 10.6 Å². The molecule has 0 aliphatic carbocycles. The van der Waals surface area contributed by atoms with Crippen LogP contribution >= 0.6 is 0 Å². The summed E-state index contributed by atoms with van der Waals surface area (Å²) in [5.41, 5.74) is 5.83. The highest BCUT2D eigenvalue weighted by Gasteiger charge is 2.36. The van der Waals surface area contributed by atoms with Crippen LogP contribution < -0.4 is 4.57 Å². The molecule has 6 aromatic carbocycles. The van der Waals surface area contributed by atoms with E-state index in [1.165, 1.54) is 0 Å². The first-order chi connectivity index (χ1) is 24.2. The third-order valence-corrected chi connectivity index (χ3v) is 8.88. The van der Waals surface area contributed by atoms with Crippen LogP contribution in [-0.2, 0) is 17.6 Å². The summed E-state index contributed by atoms with van der Waals surface area (Å²) < 4.78 is 1.90. The van der Waals surface area contributed by atoms with Gasteiger partial charge in [-0.05, 0) is 24.1 Å². The second kappa shape index (κ2) is 15.7. The number of hydrogen-bond acceptors (Lipinski definition) is 1. The second-order valence-electron chi connectivity index (χ2n) is 11.7. The van der Waals surface area contributed by atoms with Gasteiger partial charge < -0.3 is 5.32 Å². The average molecular weight is 634 g/mol. The number of pyridine rings is 1. The zero-order valence-corrected chi connectivity index (χ0v) is 27.7. The van der Waals surface area contributed by atoms with Crippen molar-refractivity contribution in [3.8, 4) is 6.07 Å². The van der Waals surface area contributed by atoms with Gasteiger partial charge in [0.05, 0.1) is 0 Å². The molecule has 0 unspecified atom stereocenters. The molecular weight excluding hydrogens is 595 g/mol. The standard InChI is InChI=1S/C38H30N.C8H9N2/c1-7-19-31(20-8-1)37(32-21-9-2-10-22-32,33-23-11-3-12-24-33)39-38(34-25-13-4-14-26-34,35-27-15-5-16-28-35)36-29-17-6-18-30-36;1-2-10-6-4-3-5-8(10)7-9/h1-30H;3-6H,2H2,1H3/q-1;+1. The molecule has 0 amide bonds. The zero-order valence-electron chi connectivity index (χ0n) is 27.7. The smallest absolute Gasteiger partial charge is 0.283 e. The molecule has 7 rings (SSSR count). The van der Waals surface area contributed by atoms with Gasteiger partial charge in [0.25, 0.3) is 5.69 Å². The summed E-state index contributed by atoms with van der Waals surface area (Å²) >= 11 is 0. The Kier molecular flexibility index (Phi) is 10.5. The molecule has 0 spiro atoms. The van der Waals surface area contributed by atoms with Crippen molar-refractivity contribution in [3.63, 3.8) is 0 Å². The van der Waals surface area contributed by atoms with E-state index < -0.39 is 11.1 Å².